The molecule has 8 rings (SSSR count). The van der Waals surface area contributed by atoms with Crippen molar-refractivity contribution in [3.63, 3.8) is 0 Å². The molecule has 0 bridgehead atoms. The molecule has 0 unspecified atom stereocenters. The Morgan fingerprint density at radius 2 is 0.959 bits per heavy atom. The molecule has 0 amide bonds. The molecule has 6 aromatic carbocycles. The Kier molecular flexibility index (Phi) is 7.75. The highest BCUT2D eigenvalue weighted by Crippen LogP contribution is 2.39. The van der Waals surface area contributed by atoms with Gasteiger partial charge in [-0.1, -0.05) is 140 Å². The summed E-state index contributed by atoms with van der Waals surface area (Å²) >= 11 is 0. The summed E-state index contributed by atoms with van der Waals surface area (Å²) in [4.78, 5) is 10.3. The Morgan fingerprint density at radius 3 is 1.63 bits per heavy atom. The zero-order valence-corrected chi connectivity index (χ0v) is 28.2. The van der Waals surface area contributed by atoms with Crippen LogP contribution in [0, 0.1) is 0 Å². The fourth-order valence-electron chi connectivity index (χ4n) is 6.51. The lowest BCUT2D eigenvalue weighted by molar-refractivity contribution is 0.00578. The zero-order valence-electron chi connectivity index (χ0n) is 28.2. The average Bonchev–Trinajstić information content (AvgIpc) is 3.37. The summed E-state index contributed by atoms with van der Waals surface area (Å²) in [5.41, 5.74) is 9.73. The molecule has 0 atom stereocenters. The highest BCUT2D eigenvalue weighted by molar-refractivity contribution is 6.62. The van der Waals surface area contributed by atoms with Crippen molar-refractivity contribution < 1.29 is 9.31 Å². The molecular formula is C44H37BN2O2. The van der Waals surface area contributed by atoms with Gasteiger partial charge in [0.15, 0.2) is 5.82 Å². The molecule has 0 radical (unpaired) electrons. The lowest BCUT2D eigenvalue weighted by Crippen LogP contribution is -2.41. The summed E-state index contributed by atoms with van der Waals surface area (Å²) in [6.45, 7) is 8.33. The average molecular weight is 637 g/mol. The van der Waals surface area contributed by atoms with Gasteiger partial charge >= 0.3 is 7.12 Å². The van der Waals surface area contributed by atoms with Crippen LogP contribution in [0.1, 0.15) is 27.7 Å². The van der Waals surface area contributed by atoms with Crippen molar-refractivity contribution in [3.05, 3.63) is 152 Å². The van der Waals surface area contributed by atoms with Crippen LogP contribution in [-0.4, -0.2) is 28.3 Å². The van der Waals surface area contributed by atoms with E-state index in [0.29, 0.717) is 5.82 Å². The number of hydrogen-bond donors (Lipinski definition) is 0. The van der Waals surface area contributed by atoms with Gasteiger partial charge in [0.1, 0.15) is 0 Å². The summed E-state index contributed by atoms with van der Waals surface area (Å²) in [6.07, 6.45) is 0. The predicted octanol–water partition coefficient (Wildman–Crippen LogP) is 10.3. The molecule has 238 valence electrons. The second-order valence-electron chi connectivity index (χ2n) is 13.7. The zero-order chi connectivity index (χ0) is 33.6. The maximum absolute atomic E-state index is 6.31. The Morgan fingerprint density at radius 1 is 0.429 bits per heavy atom. The molecular weight excluding hydrogens is 599 g/mol. The monoisotopic (exact) mass is 636 g/mol. The van der Waals surface area contributed by atoms with Gasteiger partial charge in [0.2, 0.25) is 0 Å². The largest absolute Gasteiger partial charge is 0.494 e. The number of benzene rings is 6. The van der Waals surface area contributed by atoms with E-state index >= 15 is 0 Å². The number of nitrogens with zero attached hydrogens (tertiary/aromatic N) is 2. The van der Waals surface area contributed by atoms with Crippen molar-refractivity contribution in [2.45, 2.75) is 38.9 Å². The third-order valence-electron chi connectivity index (χ3n) is 9.97. The molecule has 0 spiro atoms. The Balaban J connectivity index is 1.22. The fourth-order valence-corrected chi connectivity index (χ4v) is 6.51. The molecule has 4 nitrogen and oxygen atoms in total. The van der Waals surface area contributed by atoms with E-state index in [2.05, 4.69) is 155 Å². The number of rotatable bonds is 6. The highest BCUT2D eigenvalue weighted by Gasteiger charge is 2.51. The van der Waals surface area contributed by atoms with Gasteiger partial charge in [-0.25, -0.2) is 9.97 Å². The summed E-state index contributed by atoms with van der Waals surface area (Å²) in [5, 5.41) is 2.30. The van der Waals surface area contributed by atoms with Gasteiger partial charge in [0, 0.05) is 16.7 Å². The third-order valence-corrected chi connectivity index (χ3v) is 9.97. The second kappa shape index (κ2) is 12.3. The molecule has 1 aromatic heterocycles. The van der Waals surface area contributed by atoms with Crippen LogP contribution in [0.3, 0.4) is 0 Å². The minimum Gasteiger partial charge on any atom is -0.399 e. The molecule has 5 heteroatoms. The molecule has 7 aromatic rings. The third kappa shape index (κ3) is 5.86. The molecule has 1 fully saturated rings. The summed E-state index contributed by atoms with van der Waals surface area (Å²) in [6, 6.07) is 52.9. The molecule has 1 aliphatic rings. The summed E-state index contributed by atoms with van der Waals surface area (Å²) < 4.78 is 12.6. The number of aromatic nitrogens is 2. The van der Waals surface area contributed by atoms with Crippen molar-refractivity contribution in [3.8, 4) is 56.2 Å². The van der Waals surface area contributed by atoms with Crippen molar-refractivity contribution in [2.75, 3.05) is 0 Å². The highest BCUT2D eigenvalue weighted by atomic mass is 16.7. The standard InChI is InChI=1S/C44H37BN2O2/c1-43(2)44(3,4)49-45(48-43)35-24-22-31(23-25-35)36-26-27-39(38-21-12-11-20-37(36)38)41-29-40(46-42(47-41)32-16-9-6-10-17-32)34-19-13-18-33(28-34)30-14-7-5-8-15-30/h5-29H,1-4H3. The summed E-state index contributed by atoms with van der Waals surface area (Å²) in [7, 11) is -0.391. The molecule has 49 heavy (non-hydrogen) atoms. The van der Waals surface area contributed by atoms with Gasteiger partial charge < -0.3 is 9.31 Å². The number of hydrogen-bond acceptors (Lipinski definition) is 4. The first-order chi connectivity index (χ1) is 23.8. The maximum atomic E-state index is 6.31. The molecule has 0 aliphatic carbocycles. The van der Waals surface area contributed by atoms with Crippen LogP contribution < -0.4 is 5.46 Å². The first-order valence-electron chi connectivity index (χ1n) is 16.8. The second-order valence-corrected chi connectivity index (χ2v) is 13.7. The van der Waals surface area contributed by atoms with Crippen molar-refractivity contribution >= 4 is 23.4 Å². The molecule has 2 heterocycles. The molecule has 0 saturated carbocycles. The maximum Gasteiger partial charge on any atom is 0.494 e. The van der Waals surface area contributed by atoms with Crippen LogP contribution in [0.4, 0.5) is 0 Å². The Bertz CT molecular complexity index is 2270. The van der Waals surface area contributed by atoms with E-state index in [4.69, 9.17) is 19.3 Å². The van der Waals surface area contributed by atoms with E-state index in [1.807, 2.05) is 24.3 Å². The van der Waals surface area contributed by atoms with E-state index < -0.39 is 7.12 Å². The minimum atomic E-state index is -0.391. The van der Waals surface area contributed by atoms with E-state index in [1.54, 1.807) is 0 Å². The van der Waals surface area contributed by atoms with Crippen molar-refractivity contribution in [1.29, 1.82) is 0 Å². The van der Waals surface area contributed by atoms with E-state index in [-0.39, 0.29) is 11.2 Å². The van der Waals surface area contributed by atoms with Crippen LogP contribution in [0.2, 0.25) is 0 Å². The van der Waals surface area contributed by atoms with Gasteiger partial charge in [-0.15, -0.1) is 0 Å². The smallest absolute Gasteiger partial charge is 0.399 e. The van der Waals surface area contributed by atoms with Crippen molar-refractivity contribution in [2.24, 2.45) is 0 Å². The minimum absolute atomic E-state index is 0.381. The van der Waals surface area contributed by atoms with Crippen LogP contribution in [0.5, 0.6) is 0 Å². The first-order valence-corrected chi connectivity index (χ1v) is 16.8. The fraction of sp³-hybridized carbons (Fsp3) is 0.136. The van der Waals surface area contributed by atoms with Crippen LogP contribution in [0.15, 0.2) is 152 Å². The van der Waals surface area contributed by atoms with Gasteiger partial charge in [0.25, 0.3) is 0 Å². The van der Waals surface area contributed by atoms with Gasteiger partial charge in [-0.2, -0.15) is 0 Å². The quantitative estimate of drug-likeness (QED) is 0.171. The van der Waals surface area contributed by atoms with E-state index in [0.717, 1.165) is 61.0 Å². The molecule has 0 N–H and O–H groups in total. The lowest BCUT2D eigenvalue weighted by Gasteiger charge is -2.32. The van der Waals surface area contributed by atoms with Crippen LogP contribution in [0.25, 0.3) is 66.9 Å². The van der Waals surface area contributed by atoms with E-state index in [1.165, 1.54) is 5.56 Å². The van der Waals surface area contributed by atoms with Gasteiger partial charge in [-0.3, -0.25) is 0 Å². The number of fused-ring (bicyclic) bond motifs is 1. The van der Waals surface area contributed by atoms with Gasteiger partial charge in [-0.05, 0) is 78.3 Å². The Labute approximate surface area is 288 Å². The predicted molar refractivity (Wildman–Crippen MR) is 202 cm³/mol. The SMILES string of the molecule is CC1(C)OB(c2ccc(-c3ccc(-c4cc(-c5cccc(-c6ccccc6)c5)nc(-c5ccccc5)n4)c4ccccc34)cc2)OC1(C)C. The Hall–Kier alpha value is -5.36. The molecule has 1 saturated heterocycles. The first kappa shape index (κ1) is 30.9. The van der Waals surface area contributed by atoms with Gasteiger partial charge in [0.05, 0.1) is 22.6 Å². The summed E-state index contributed by atoms with van der Waals surface area (Å²) in [5.74, 6) is 0.699. The molecule has 1 aliphatic heterocycles. The normalized spacial score (nSPS) is 15.1. The lowest BCUT2D eigenvalue weighted by atomic mass is 9.78. The van der Waals surface area contributed by atoms with E-state index in [9.17, 15) is 0 Å². The van der Waals surface area contributed by atoms with Crippen LogP contribution in [-0.2, 0) is 9.31 Å². The van der Waals surface area contributed by atoms with Crippen molar-refractivity contribution in [1.82, 2.24) is 9.97 Å². The van der Waals surface area contributed by atoms with Crippen LogP contribution >= 0.6 is 0 Å². The topological polar surface area (TPSA) is 44.2 Å².